The summed E-state index contributed by atoms with van der Waals surface area (Å²) in [5.74, 6) is -6.37. The van der Waals surface area contributed by atoms with Crippen molar-refractivity contribution >= 4 is 72.6 Å². The van der Waals surface area contributed by atoms with Gasteiger partial charge in [0.1, 0.15) is 36.3 Å². The molecule has 20 heteroatoms. The van der Waals surface area contributed by atoms with Crippen LogP contribution < -0.4 is 32.3 Å². The van der Waals surface area contributed by atoms with Gasteiger partial charge in [-0.25, -0.2) is 4.79 Å². The minimum Gasteiger partial charge on any atom is -0.480 e. The van der Waals surface area contributed by atoms with Crippen LogP contribution in [-0.4, -0.2) is 147 Å². The lowest BCUT2D eigenvalue weighted by Gasteiger charge is -2.33. The first kappa shape index (κ1) is 45.0. The van der Waals surface area contributed by atoms with Crippen molar-refractivity contribution in [2.24, 2.45) is 5.73 Å². The van der Waals surface area contributed by atoms with Crippen LogP contribution in [0.1, 0.15) is 51.0 Å². The Morgan fingerprint density at radius 2 is 1.36 bits per heavy atom. The van der Waals surface area contributed by atoms with Gasteiger partial charge in [0.25, 0.3) is 0 Å². The van der Waals surface area contributed by atoms with Gasteiger partial charge < -0.3 is 52.3 Å². The maximum atomic E-state index is 13.8. The Morgan fingerprint density at radius 3 is 1.93 bits per heavy atom. The van der Waals surface area contributed by atoms with Gasteiger partial charge in [0.05, 0.1) is 12.1 Å². The maximum absolute atomic E-state index is 13.8. The maximum Gasteiger partial charge on any atom is 0.327 e. The zero-order chi connectivity index (χ0) is 40.8. The van der Waals surface area contributed by atoms with Crippen LogP contribution in [0.5, 0.6) is 0 Å². The van der Waals surface area contributed by atoms with E-state index < -0.39 is 89.8 Å². The van der Waals surface area contributed by atoms with Gasteiger partial charge in [0, 0.05) is 37.4 Å². The summed E-state index contributed by atoms with van der Waals surface area (Å²) in [6.45, 7) is 1.84. The first-order valence-corrected chi connectivity index (χ1v) is 19.3. The van der Waals surface area contributed by atoms with Gasteiger partial charge in [-0.1, -0.05) is 30.3 Å². The van der Waals surface area contributed by atoms with Crippen LogP contribution in [0.4, 0.5) is 0 Å². The SMILES string of the molecule is CN[C@@H](CS)C(=O)N1CCC[C@H]1C(=O)N1CCC[C@H]1C(=O)N[C@H](C(=O)N[C@@H](CCC(N)=O)C(=O)N[C@@H](Cc1ccccc1)C(=O)N[C@@H](CS)C(=O)O)[C@@H](C)O. The average molecular weight is 809 g/mol. The third kappa shape index (κ3) is 12.6. The van der Waals surface area contributed by atoms with Crippen molar-refractivity contribution in [3.8, 4) is 0 Å². The highest BCUT2D eigenvalue weighted by molar-refractivity contribution is 7.80. The molecule has 0 aliphatic carbocycles. The molecule has 7 amide bonds. The average Bonchev–Trinajstić information content (AvgIpc) is 3.85. The predicted octanol–water partition coefficient (Wildman–Crippen LogP) is -2.67. The Hall–Kier alpha value is -4.40. The summed E-state index contributed by atoms with van der Waals surface area (Å²) >= 11 is 8.19. The molecular formula is C35H52N8O10S2. The smallest absolute Gasteiger partial charge is 0.327 e. The number of carbonyl (C=O) groups excluding carboxylic acids is 7. The van der Waals surface area contributed by atoms with Gasteiger partial charge in [0.15, 0.2) is 0 Å². The molecule has 1 aromatic carbocycles. The number of carboxylic acid groups (broad SMARTS) is 1. The summed E-state index contributed by atoms with van der Waals surface area (Å²) in [6.07, 6.45) is -0.534. The van der Waals surface area contributed by atoms with Crippen LogP contribution in [0, 0.1) is 0 Å². The van der Waals surface area contributed by atoms with E-state index in [2.05, 4.69) is 51.8 Å². The van der Waals surface area contributed by atoms with E-state index in [1.807, 2.05) is 0 Å². The standard InChI is InChI=1S/C35H52N8O10S2/c1-19(44)28(41-31(48)25-10-6-14-42(25)34(51)26-11-7-15-43(26)33(50)23(17-54)37-2)32(49)38-21(12-13-27(36)45)29(46)39-22(16-20-8-4-3-5-9-20)30(47)40-24(18-55)35(52)53/h3-5,8-9,19,21-26,28,37,44,54-55H,6-7,10-18H2,1-2H3,(H2,36,45)(H,38,49)(H,39,46)(H,40,47)(H,41,48)(H,52,53)/t19-,21+,22+,23+,24+,25+,26+,28+/m1/s1. The predicted molar refractivity (Wildman–Crippen MR) is 206 cm³/mol. The highest BCUT2D eigenvalue weighted by Gasteiger charge is 2.44. The van der Waals surface area contributed by atoms with Crippen molar-refractivity contribution in [3.05, 3.63) is 35.9 Å². The highest BCUT2D eigenvalue weighted by atomic mass is 32.1. The number of aliphatic carboxylic acids is 1. The molecule has 2 saturated heterocycles. The molecule has 2 aliphatic heterocycles. The number of nitrogens with two attached hydrogens (primary N) is 1. The highest BCUT2D eigenvalue weighted by Crippen LogP contribution is 2.26. The summed E-state index contributed by atoms with van der Waals surface area (Å²) in [7, 11) is 1.62. The Balaban J connectivity index is 1.78. The lowest BCUT2D eigenvalue weighted by atomic mass is 10.0. The zero-order valence-electron chi connectivity index (χ0n) is 30.8. The number of thiol groups is 2. The van der Waals surface area contributed by atoms with Crippen molar-refractivity contribution in [2.75, 3.05) is 31.6 Å². The van der Waals surface area contributed by atoms with E-state index in [1.54, 1.807) is 37.4 Å². The summed E-state index contributed by atoms with van der Waals surface area (Å²) in [5.41, 5.74) is 5.95. The van der Waals surface area contributed by atoms with Crippen LogP contribution in [0.2, 0.25) is 0 Å². The third-order valence-electron chi connectivity index (χ3n) is 9.58. The summed E-state index contributed by atoms with van der Waals surface area (Å²) in [4.78, 5) is 107. The minimum atomic E-state index is -1.62. The number of benzene rings is 1. The molecule has 8 atom stereocenters. The number of aliphatic hydroxyl groups excluding tert-OH is 1. The van der Waals surface area contributed by atoms with Crippen LogP contribution >= 0.6 is 25.3 Å². The third-order valence-corrected chi connectivity index (χ3v) is 10.3. The number of likely N-dealkylation sites (N-methyl/N-ethyl adjacent to an activating group) is 1. The second-order valence-corrected chi connectivity index (χ2v) is 14.3. The molecule has 0 spiro atoms. The first-order valence-electron chi connectivity index (χ1n) is 18.1. The fraction of sp³-hybridized carbons (Fsp3) is 0.600. The largest absolute Gasteiger partial charge is 0.480 e. The molecule has 18 nitrogen and oxygen atoms in total. The molecule has 3 rings (SSSR count). The number of carbonyl (C=O) groups is 8. The van der Waals surface area contributed by atoms with Crippen molar-refractivity contribution in [1.82, 2.24) is 36.4 Å². The van der Waals surface area contributed by atoms with Crippen LogP contribution in [-0.2, 0) is 44.8 Å². The monoisotopic (exact) mass is 808 g/mol. The number of hydrogen-bond acceptors (Lipinski definition) is 12. The molecule has 2 fully saturated rings. The van der Waals surface area contributed by atoms with E-state index in [9.17, 15) is 48.6 Å². The second-order valence-electron chi connectivity index (χ2n) is 13.5. The van der Waals surface area contributed by atoms with Crippen molar-refractivity contribution < 1.29 is 48.6 Å². The quantitative estimate of drug-likeness (QED) is 0.0607. The Bertz CT molecular complexity index is 1550. The van der Waals surface area contributed by atoms with E-state index >= 15 is 0 Å². The molecule has 0 saturated carbocycles. The van der Waals surface area contributed by atoms with E-state index in [1.165, 1.54) is 16.7 Å². The normalized spacial score (nSPS) is 19.9. The topological polar surface area (TPSA) is 270 Å². The van der Waals surface area contributed by atoms with Crippen molar-refractivity contribution in [1.29, 1.82) is 0 Å². The number of nitrogens with zero attached hydrogens (tertiary/aromatic N) is 2. The summed E-state index contributed by atoms with van der Waals surface area (Å²) in [6, 6.07) is 0.300. The van der Waals surface area contributed by atoms with E-state index in [0.29, 0.717) is 31.4 Å². The number of primary amides is 1. The fourth-order valence-corrected chi connectivity index (χ4v) is 7.12. The number of likely N-dealkylation sites (tertiary alicyclic amines) is 2. The van der Waals surface area contributed by atoms with Crippen LogP contribution in [0.25, 0.3) is 0 Å². The summed E-state index contributed by atoms with van der Waals surface area (Å²) in [5, 5.41) is 32.7. The fourth-order valence-electron chi connectivity index (χ4n) is 6.54. The second kappa shape index (κ2) is 21.6. The van der Waals surface area contributed by atoms with Crippen LogP contribution in [0.3, 0.4) is 0 Å². The molecular weight excluding hydrogens is 757 g/mol. The number of hydrogen-bond donors (Lipinski definition) is 10. The van der Waals surface area contributed by atoms with Gasteiger partial charge in [0.2, 0.25) is 41.4 Å². The lowest BCUT2D eigenvalue weighted by Crippen LogP contribution is -2.61. The Morgan fingerprint density at radius 1 is 0.800 bits per heavy atom. The molecule has 0 aromatic heterocycles. The van der Waals surface area contributed by atoms with Crippen molar-refractivity contribution in [2.45, 2.75) is 100 Å². The van der Waals surface area contributed by atoms with E-state index in [-0.39, 0.29) is 49.6 Å². The molecule has 0 unspecified atom stereocenters. The molecule has 2 aliphatic rings. The number of carboxylic acids is 1. The van der Waals surface area contributed by atoms with E-state index in [4.69, 9.17) is 5.73 Å². The molecule has 55 heavy (non-hydrogen) atoms. The molecule has 9 N–H and O–H groups in total. The van der Waals surface area contributed by atoms with Gasteiger partial charge in [-0.05, 0) is 51.6 Å². The molecule has 0 bridgehead atoms. The number of rotatable bonds is 20. The first-order chi connectivity index (χ1) is 26.1. The Labute approximate surface area is 330 Å². The van der Waals surface area contributed by atoms with Gasteiger partial charge >= 0.3 is 5.97 Å². The van der Waals surface area contributed by atoms with Crippen LogP contribution in [0.15, 0.2) is 30.3 Å². The lowest BCUT2D eigenvalue weighted by molar-refractivity contribution is -0.147. The molecule has 0 radical (unpaired) electrons. The number of amides is 7. The van der Waals surface area contributed by atoms with Crippen molar-refractivity contribution in [3.63, 3.8) is 0 Å². The van der Waals surface area contributed by atoms with Gasteiger partial charge in [-0.15, -0.1) is 0 Å². The Kier molecular flexibility index (Phi) is 17.7. The minimum absolute atomic E-state index is 0.0746. The summed E-state index contributed by atoms with van der Waals surface area (Å²) < 4.78 is 0. The molecule has 1 aromatic rings. The number of nitrogens with one attached hydrogen (secondary N) is 5. The van der Waals surface area contributed by atoms with Gasteiger partial charge in [-0.2, -0.15) is 25.3 Å². The molecule has 2 heterocycles. The molecule has 304 valence electrons. The van der Waals surface area contributed by atoms with Gasteiger partial charge in [-0.3, -0.25) is 33.6 Å². The van der Waals surface area contributed by atoms with E-state index in [0.717, 1.165) is 0 Å². The zero-order valence-corrected chi connectivity index (χ0v) is 32.6. The number of aliphatic hydroxyl groups is 1.